The smallest absolute Gasteiger partial charge is 0.225 e. The van der Waals surface area contributed by atoms with E-state index in [-0.39, 0.29) is 17.7 Å². The van der Waals surface area contributed by atoms with Crippen molar-refractivity contribution in [2.45, 2.75) is 32.1 Å². The lowest BCUT2D eigenvalue weighted by Crippen LogP contribution is -2.42. The lowest BCUT2D eigenvalue weighted by Gasteiger charge is -2.32. The maximum absolute atomic E-state index is 11.9. The first-order chi connectivity index (χ1) is 8.56. The van der Waals surface area contributed by atoms with Gasteiger partial charge in [0.05, 0.1) is 0 Å². The molecule has 1 saturated heterocycles. The van der Waals surface area contributed by atoms with Gasteiger partial charge in [0.15, 0.2) is 0 Å². The van der Waals surface area contributed by atoms with Gasteiger partial charge in [-0.1, -0.05) is 0 Å². The SMILES string of the molecule is CN(C)C(=O)C1CCN(C(=O)CCCCN)CC1. The number of hydrogen-bond donors (Lipinski definition) is 1. The highest BCUT2D eigenvalue weighted by molar-refractivity contribution is 5.79. The minimum atomic E-state index is 0.0908. The van der Waals surface area contributed by atoms with Crippen LogP contribution in [0.3, 0.4) is 0 Å². The van der Waals surface area contributed by atoms with E-state index in [1.807, 2.05) is 4.90 Å². The highest BCUT2D eigenvalue weighted by atomic mass is 16.2. The van der Waals surface area contributed by atoms with Crippen LogP contribution in [0.25, 0.3) is 0 Å². The minimum absolute atomic E-state index is 0.0908. The molecular weight excluding hydrogens is 230 g/mol. The first-order valence-electron chi connectivity index (χ1n) is 6.75. The Hall–Kier alpha value is -1.10. The second-order valence-electron chi connectivity index (χ2n) is 5.13. The fraction of sp³-hybridized carbons (Fsp3) is 0.846. The molecule has 0 radical (unpaired) electrons. The van der Waals surface area contributed by atoms with Gasteiger partial charge in [-0.05, 0) is 32.2 Å². The predicted molar refractivity (Wildman–Crippen MR) is 70.9 cm³/mol. The fourth-order valence-corrected chi connectivity index (χ4v) is 2.32. The van der Waals surface area contributed by atoms with Crippen molar-refractivity contribution < 1.29 is 9.59 Å². The molecular formula is C13H25N3O2. The second-order valence-corrected chi connectivity index (χ2v) is 5.13. The van der Waals surface area contributed by atoms with E-state index in [4.69, 9.17) is 5.73 Å². The monoisotopic (exact) mass is 255 g/mol. The molecule has 0 aliphatic carbocycles. The molecule has 1 heterocycles. The van der Waals surface area contributed by atoms with Crippen molar-refractivity contribution in [2.75, 3.05) is 33.7 Å². The average molecular weight is 255 g/mol. The summed E-state index contributed by atoms with van der Waals surface area (Å²) in [5.41, 5.74) is 5.41. The summed E-state index contributed by atoms with van der Waals surface area (Å²) >= 11 is 0. The summed E-state index contributed by atoms with van der Waals surface area (Å²) in [6.07, 6.45) is 3.94. The molecule has 2 amide bonds. The lowest BCUT2D eigenvalue weighted by atomic mass is 9.95. The molecule has 2 N–H and O–H groups in total. The van der Waals surface area contributed by atoms with Crippen LogP contribution in [0.4, 0.5) is 0 Å². The van der Waals surface area contributed by atoms with Gasteiger partial charge in [0.2, 0.25) is 11.8 Å². The van der Waals surface area contributed by atoms with Gasteiger partial charge in [0.1, 0.15) is 0 Å². The number of nitrogens with zero attached hydrogens (tertiary/aromatic N) is 2. The summed E-state index contributed by atoms with van der Waals surface area (Å²) in [7, 11) is 3.57. The van der Waals surface area contributed by atoms with Crippen molar-refractivity contribution in [3.8, 4) is 0 Å². The zero-order valence-corrected chi connectivity index (χ0v) is 11.5. The van der Waals surface area contributed by atoms with Gasteiger partial charge >= 0.3 is 0 Å². The Bertz CT molecular complexity index is 284. The van der Waals surface area contributed by atoms with Gasteiger partial charge < -0.3 is 15.5 Å². The minimum Gasteiger partial charge on any atom is -0.349 e. The Kier molecular flexibility index (Phi) is 6.12. The number of likely N-dealkylation sites (tertiary alicyclic amines) is 1. The van der Waals surface area contributed by atoms with Gasteiger partial charge in [-0.2, -0.15) is 0 Å². The Labute approximate surface area is 109 Å². The third-order valence-electron chi connectivity index (χ3n) is 3.48. The molecule has 0 unspecified atom stereocenters. The van der Waals surface area contributed by atoms with Crippen LogP contribution in [0.5, 0.6) is 0 Å². The van der Waals surface area contributed by atoms with Crippen LogP contribution in [0, 0.1) is 5.92 Å². The molecule has 0 saturated carbocycles. The van der Waals surface area contributed by atoms with Gasteiger partial charge in [-0.25, -0.2) is 0 Å². The van der Waals surface area contributed by atoms with E-state index in [2.05, 4.69) is 0 Å². The Morgan fingerprint density at radius 1 is 1.22 bits per heavy atom. The number of piperidine rings is 1. The maximum Gasteiger partial charge on any atom is 0.225 e. The molecule has 0 spiro atoms. The normalized spacial score (nSPS) is 16.7. The molecule has 0 aromatic rings. The highest BCUT2D eigenvalue weighted by Crippen LogP contribution is 2.19. The molecule has 5 heteroatoms. The summed E-state index contributed by atoms with van der Waals surface area (Å²) in [6.45, 7) is 2.07. The zero-order chi connectivity index (χ0) is 13.5. The largest absolute Gasteiger partial charge is 0.349 e. The zero-order valence-electron chi connectivity index (χ0n) is 11.5. The van der Waals surface area contributed by atoms with Gasteiger partial charge in [0.25, 0.3) is 0 Å². The summed E-state index contributed by atoms with van der Waals surface area (Å²) in [4.78, 5) is 27.2. The lowest BCUT2D eigenvalue weighted by molar-refractivity contribution is -0.139. The average Bonchev–Trinajstić information content (AvgIpc) is 2.38. The molecule has 0 aromatic heterocycles. The van der Waals surface area contributed by atoms with Crippen LogP contribution in [-0.4, -0.2) is 55.3 Å². The Balaban J connectivity index is 2.30. The summed E-state index contributed by atoms with van der Waals surface area (Å²) in [6, 6.07) is 0. The van der Waals surface area contributed by atoms with E-state index in [1.165, 1.54) is 0 Å². The van der Waals surface area contributed by atoms with Crippen molar-refractivity contribution in [1.82, 2.24) is 9.80 Å². The van der Waals surface area contributed by atoms with Crippen LogP contribution in [0.15, 0.2) is 0 Å². The number of nitrogens with two attached hydrogens (primary N) is 1. The Morgan fingerprint density at radius 3 is 2.33 bits per heavy atom. The highest BCUT2D eigenvalue weighted by Gasteiger charge is 2.27. The molecule has 1 aliphatic rings. The van der Waals surface area contributed by atoms with Gasteiger partial charge in [-0.3, -0.25) is 9.59 Å². The number of carbonyl (C=O) groups is 2. The van der Waals surface area contributed by atoms with E-state index < -0.39 is 0 Å². The van der Waals surface area contributed by atoms with Crippen LogP contribution >= 0.6 is 0 Å². The van der Waals surface area contributed by atoms with Crippen molar-refractivity contribution in [3.05, 3.63) is 0 Å². The summed E-state index contributed by atoms with van der Waals surface area (Å²) < 4.78 is 0. The number of hydrogen-bond acceptors (Lipinski definition) is 3. The summed E-state index contributed by atoms with van der Waals surface area (Å²) in [5.74, 6) is 0.484. The van der Waals surface area contributed by atoms with Gasteiger partial charge in [-0.15, -0.1) is 0 Å². The van der Waals surface area contributed by atoms with E-state index in [0.29, 0.717) is 26.1 Å². The van der Waals surface area contributed by atoms with Gasteiger partial charge in [0, 0.05) is 39.5 Å². The molecule has 1 rings (SSSR count). The van der Waals surface area contributed by atoms with E-state index >= 15 is 0 Å². The molecule has 0 bridgehead atoms. The third-order valence-corrected chi connectivity index (χ3v) is 3.48. The van der Waals surface area contributed by atoms with Crippen LogP contribution < -0.4 is 5.73 Å². The van der Waals surface area contributed by atoms with Crippen LogP contribution in [0.2, 0.25) is 0 Å². The standard InChI is InChI=1S/C13H25N3O2/c1-15(2)13(18)11-6-9-16(10-7-11)12(17)5-3-4-8-14/h11H,3-10,14H2,1-2H3. The molecule has 0 aromatic carbocycles. The summed E-state index contributed by atoms with van der Waals surface area (Å²) in [5, 5.41) is 0. The topological polar surface area (TPSA) is 66.6 Å². The molecule has 1 aliphatic heterocycles. The van der Waals surface area contributed by atoms with Crippen molar-refractivity contribution in [3.63, 3.8) is 0 Å². The number of amides is 2. The molecule has 5 nitrogen and oxygen atoms in total. The number of unbranched alkanes of at least 4 members (excludes halogenated alkanes) is 1. The predicted octanol–water partition coefficient (Wildman–Crippen LogP) is 0.442. The molecule has 0 atom stereocenters. The van der Waals surface area contributed by atoms with Crippen molar-refractivity contribution in [2.24, 2.45) is 11.7 Å². The number of rotatable bonds is 5. The van der Waals surface area contributed by atoms with Crippen molar-refractivity contribution >= 4 is 11.8 Å². The number of carbonyl (C=O) groups excluding carboxylic acids is 2. The third kappa shape index (κ3) is 4.29. The first kappa shape index (κ1) is 15.0. The van der Waals surface area contributed by atoms with Crippen LogP contribution in [0.1, 0.15) is 32.1 Å². The van der Waals surface area contributed by atoms with Crippen molar-refractivity contribution in [1.29, 1.82) is 0 Å². The maximum atomic E-state index is 11.9. The fourth-order valence-electron chi connectivity index (χ4n) is 2.32. The molecule has 104 valence electrons. The Morgan fingerprint density at radius 2 is 1.83 bits per heavy atom. The van der Waals surface area contributed by atoms with E-state index in [9.17, 15) is 9.59 Å². The molecule has 18 heavy (non-hydrogen) atoms. The van der Waals surface area contributed by atoms with E-state index in [1.54, 1.807) is 19.0 Å². The first-order valence-corrected chi connectivity index (χ1v) is 6.75. The van der Waals surface area contributed by atoms with Crippen LogP contribution in [-0.2, 0) is 9.59 Å². The quantitative estimate of drug-likeness (QED) is 0.725. The second kappa shape index (κ2) is 7.36. The van der Waals surface area contributed by atoms with E-state index in [0.717, 1.165) is 25.7 Å². The molecule has 1 fully saturated rings.